The predicted octanol–water partition coefficient (Wildman–Crippen LogP) is 5.17. The van der Waals surface area contributed by atoms with E-state index in [-0.39, 0.29) is 5.41 Å². The Morgan fingerprint density at radius 1 is 1.13 bits per heavy atom. The average molecular weight is 419 g/mol. The molecular formula is C28H34O3. The molecule has 1 aromatic carbocycles. The Bertz CT molecular complexity index is 964. The Labute approximate surface area is 186 Å². The van der Waals surface area contributed by atoms with E-state index in [1.807, 2.05) is 30.3 Å². The van der Waals surface area contributed by atoms with E-state index in [9.17, 15) is 9.90 Å². The number of ketones is 1. The van der Waals surface area contributed by atoms with E-state index in [0.717, 1.165) is 49.8 Å². The topological polar surface area (TPSA) is 46.5 Å². The maximum atomic E-state index is 12.0. The normalized spacial score (nSPS) is 41.2. The molecule has 0 saturated heterocycles. The number of rotatable bonds is 1. The average Bonchev–Trinajstić information content (AvgIpc) is 3.03. The minimum absolute atomic E-state index is 0.159. The first-order valence-electron chi connectivity index (χ1n) is 12.0. The van der Waals surface area contributed by atoms with Crippen molar-refractivity contribution in [2.24, 2.45) is 35.0 Å². The first-order chi connectivity index (χ1) is 14.8. The molecule has 31 heavy (non-hydrogen) atoms. The molecule has 3 nitrogen and oxygen atoms in total. The van der Waals surface area contributed by atoms with Gasteiger partial charge in [0.15, 0.2) is 5.78 Å². The Morgan fingerprint density at radius 3 is 2.65 bits per heavy atom. The summed E-state index contributed by atoms with van der Waals surface area (Å²) in [4.78, 5) is 12.0. The molecule has 0 aromatic heterocycles. The van der Waals surface area contributed by atoms with Crippen LogP contribution in [0.15, 0.2) is 35.9 Å². The van der Waals surface area contributed by atoms with Crippen LogP contribution >= 0.6 is 0 Å². The fraction of sp³-hybridized carbons (Fsp3) is 0.607. The number of benzene rings is 1. The second kappa shape index (κ2) is 7.52. The van der Waals surface area contributed by atoms with Crippen LogP contribution in [0.4, 0.5) is 0 Å². The second-order valence-corrected chi connectivity index (χ2v) is 10.7. The van der Waals surface area contributed by atoms with Gasteiger partial charge in [0, 0.05) is 17.4 Å². The van der Waals surface area contributed by atoms with Crippen LogP contribution in [-0.2, 0) is 4.79 Å². The summed E-state index contributed by atoms with van der Waals surface area (Å²) >= 11 is 0. The number of hydrogen-bond acceptors (Lipinski definition) is 3. The van der Waals surface area contributed by atoms with Gasteiger partial charge >= 0.3 is 0 Å². The fourth-order valence-corrected chi connectivity index (χ4v) is 7.66. The van der Waals surface area contributed by atoms with Crippen LogP contribution in [0.5, 0.6) is 5.75 Å². The second-order valence-electron chi connectivity index (χ2n) is 10.7. The molecule has 4 aliphatic rings. The van der Waals surface area contributed by atoms with Crippen LogP contribution < -0.4 is 4.74 Å². The molecule has 1 aromatic rings. The van der Waals surface area contributed by atoms with E-state index in [4.69, 9.17) is 4.74 Å². The summed E-state index contributed by atoms with van der Waals surface area (Å²) < 4.78 is 5.24. The molecule has 164 valence electrons. The van der Waals surface area contributed by atoms with E-state index in [1.54, 1.807) is 7.11 Å². The molecule has 0 spiro atoms. The van der Waals surface area contributed by atoms with Gasteiger partial charge in [0.1, 0.15) is 11.4 Å². The standard InChI is InChI=1S/C28H34O3/c1-18-16-20-17-21(29)6-9-23(20)24-11-13-27(2)25(26(18)24)12-15-28(27,30)14-10-19-4-7-22(31-3)8-5-19/h4-5,7-8,17-18,23-26,30H,6,9,11-13,15-16H2,1-3H3/t18-,23?,24?,25?,26?,27+,28+/m1/s1. The molecule has 3 fully saturated rings. The van der Waals surface area contributed by atoms with Gasteiger partial charge in [-0.25, -0.2) is 0 Å². The van der Waals surface area contributed by atoms with Gasteiger partial charge in [-0.15, -0.1) is 0 Å². The number of methoxy groups -OCH3 is 1. The zero-order chi connectivity index (χ0) is 21.8. The number of aliphatic hydroxyl groups is 1. The quantitative estimate of drug-likeness (QED) is 0.641. The molecule has 1 N–H and O–H groups in total. The van der Waals surface area contributed by atoms with Gasteiger partial charge in [-0.2, -0.15) is 0 Å². The van der Waals surface area contributed by atoms with Gasteiger partial charge in [-0.05, 0) is 98.5 Å². The van der Waals surface area contributed by atoms with Crippen LogP contribution in [0.25, 0.3) is 0 Å². The third kappa shape index (κ3) is 3.26. The molecule has 4 aliphatic carbocycles. The summed E-state index contributed by atoms with van der Waals surface area (Å²) in [6, 6.07) is 7.76. The van der Waals surface area contributed by atoms with E-state index in [0.29, 0.717) is 41.8 Å². The maximum Gasteiger partial charge on any atom is 0.155 e. The monoisotopic (exact) mass is 418 g/mol. The molecule has 0 heterocycles. The molecule has 3 saturated carbocycles. The van der Waals surface area contributed by atoms with Gasteiger partial charge in [-0.1, -0.05) is 31.3 Å². The van der Waals surface area contributed by atoms with Crippen molar-refractivity contribution in [1.29, 1.82) is 0 Å². The lowest BCUT2D eigenvalue weighted by molar-refractivity contribution is -0.117. The number of hydrogen-bond donors (Lipinski definition) is 1. The SMILES string of the molecule is COc1ccc(C#C[C@]2(O)CCC3C4C(CC[C@@]32C)C2CCC(=O)C=C2C[C@H]4C)cc1. The van der Waals surface area contributed by atoms with Crippen LogP contribution in [0.1, 0.15) is 64.4 Å². The predicted molar refractivity (Wildman–Crippen MR) is 121 cm³/mol. The molecule has 5 rings (SSSR count). The lowest BCUT2D eigenvalue weighted by atomic mass is 9.48. The molecule has 0 amide bonds. The highest BCUT2D eigenvalue weighted by atomic mass is 16.5. The Kier molecular flexibility index (Phi) is 5.05. The number of allylic oxidation sites excluding steroid dienone is 1. The Balaban J connectivity index is 1.42. The van der Waals surface area contributed by atoms with Crippen molar-refractivity contribution in [2.75, 3.05) is 7.11 Å². The first-order valence-corrected chi connectivity index (χ1v) is 12.0. The van der Waals surface area contributed by atoms with E-state index in [2.05, 4.69) is 25.7 Å². The largest absolute Gasteiger partial charge is 0.497 e. The van der Waals surface area contributed by atoms with Crippen LogP contribution in [-0.4, -0.2) is 23.6 Å². The number of ether oxygens (including phenoxy) is 1. The zero-order valence-electron chi connectivity index (χ0n) is 19.0. The smallest absolute Gasteiger partial charge is 0.155 e. The minimum atomic E-state index is -0.930. The zero-order valence-corrected chi connectivity index (χ0v) is 19.0. The van der Waals surface area contributed by atoms with Crippen molar-refractivity contribution in [3.63, 3.8) is 0 Å². The number of carbonyl (C=O) groups is 1. The number of carbonyl (C=O) groups excluding carboxylic acids is 1. The van der Waals surface area contributed by atoms with Crippen molar-refractivity contribution < 1.29 is 14.6 Å². The summed E-state index contributed by atoms with van der Waals surface area (Å²) in [5.41, 5.74) is 1.25. The highest BCUT2D eigenvalue weighted by Gasteiger charge is 2.63. The van der Waals surface area contributed by atoms with E-state index >= 15 is 0 Å². The van der Waals surface area contributed by atoms with Crippen molar-refractivity contribution in [1.82, 2.24) is 0 Å². The highest BCUT2D eigenvalue weighted by Crippen LogP contribution is 2.65. The molecule has 3 heteroatoms. The van der Waals surface area contributed by atoms with Crippen molar-refractivity contribution in [2.45, 2.75) is 64.4 Å². The van der Waals surface area contributed by atoms with Gasteiger partial charge in [0.2, 0.25) is 0 Å². The number of fused-ring (bicyclic) bond motifs is 5. The van der Waals surface area contributed by atoms with Crippen LogP contribution in [0, 0.1) is 46.8 Å². The summed E-state index contributed by atoms with van der Waals surface area (Å²) in [6.45, 7) is 4.67. The highest BCUT2D eigenvalue weighted by molar-refractivity contribution is 5.91. The first kappa shape index (κ1) is 20.8. The molecule has 7 atom stereocenters. The maximum absolute atomic E-state index is 12.0. The summed E-state index contributed by atoms with van der Waals surface area (Å²) in [5, 5.41) is 11.8. The lowest BCUT2D eigenvalue weighted by Gasteiger charge is -2.56. The van der Waals surface area contributed by atoms with Crippen molar-refractivity contribution in [3.05, 3.63) is 41.5 Å². The summed E-state index contributed by atoms with van der Waals surface area (Å²) in [5.74, 6) is 10.7. The summed E-state index contributed by atoms with van der Waals surface area (Å²) in [6.07, 6.45) is 8.76. The molecule has 0 radical (unpaired) electrons. The van der Waals surface area contributed by atoms with Gasteiger partial charge < -0.3 is 9.84 Å². The van der Waals surface area contributed by atoms with Gasteiger partial charge in [0.05, 0.1) is 7.11 Å². The molecule has 0 bridgehead atoms. The summed E-state index contributed by atoms with van der Waals surface area (Å²) in [7, 11) is 1.66. The van der Waals surface area contributed by atoms with Gasteiger partial charge in [-0.3, -0.25) is 4.79 Å². The van der Waals surface area contributed by atoms with Gasteiger partial charge in [0.25, 0.3) is 0 Å². The third-order valence-electron chi connectivity index (χ3n) is 9.30. The Morgan fingerprint density at radius 2 is 1.90 bits per heavy atom. The molecule has 0 aliphatic heterocycles. The van der Waals surface area contributed by atoms with Crippen LogP contribution in [0.2, 0.25) is 0 Å². The molecular weight excluding hydrogens is 384 g/mol. The van der Waals surface area contributed by atoms with E-state index in [1.165, 1.54) is 5.57 Å². The third-order valence-corrected chi connectivity index (χ3v) is 9.30. The van der Waals surface area contributed by atoms with E-state index < -0.39 is 5.60 Å². The minimum Gasteiger partial charge on any atom is -0.497 e. The van der Waals surface area contributed by atoms with Crippen molar-refractivity contribution >= 4 is 5.78 Å². The van der Waals surface area contributed by atoms with Crippen molar-refractivity contribution in [3.8, 4) is 17.6 Å². The Hall–Kier alpha value is -2.05. The fourth-order valence-electron chi connectivity index (χ4n) is 7.66. The lowest BCUT2D eigenvalue weighted by Crippen LogP contribution is -2.54. The van der Waals surface area contributed by atoms with Crippen LogP contribution in [0.3, 0.4) is 0 Å². The molecule has 4 unspecified atom stereocenters.